The molecule has 0 radical (unpaired) electrons. The first-order valence-corrected chi connectivity index (χ1v) is 5.89. The first-order valence-electron chi connectivity index (χ1n) is 5.89. The van der Waals surface area contributed by atoms with Gasteiger partial charge in [0, 0.05) is 18.7 Å². The lowest BCUT2D eigenvalue weighted by Gasteiger charge is -2.09. The second kappa shape index (κ2) is 5.65. The van der Waals surface area contributed by atoms with Crippen LogP contribution in [0.2, 0.25) is 0 Å². The van der Waals surface area contributed by atoms with E-state index in [0.717, 1.165) is 16.7 Å². The Morgan fingerprint density at radius 1 is 1.06 bits per heavy atom. The van der Waals surface area contributed by atoms with Gasteiger partial charge in [0.05, 0.1) is 0 Å². The van der Waals surface area contributed by atoms with Crippen LogP contribution in [-0.4, -0.2) is 5.11 Å². The van der Waals surface area contributed by atoms with Gasteiger partial charge in [-0.2, -0.15) is 0 Å². The molecule has 0 spiro atoms. The summed E-state index contributed by atoms with van der Waals surface area (Å²) in [5.74, 6) is 0.0813. The van der Waals surface area contributed by atoms with Crippen molar-refractivity contribution in [3.8, 4) is 5.75 Å². The highest BCUT2D eigenvalue weighted by molar-refractivity contribution is 5.32. The molecule has 0 aliphatic heterocycles. The number of hydrogen-bond acceptors (Lipinski definition) is 2. The molecule has 0 saturated heterocycles. The topological polar surface area (TPSA) is 32.3 Å². The summed E-state index contributed by atoms with van der Waals surface area (Å²) in [5.41, 5.74) is 2.85. The Hall–Kier alpha value is -1.87. The zero-order valence-corrected chi connectivity index (χ0v) is 10.3. The van der Waals surface area contributed by atoms with E-state index in [1.807, 2.05) is 19.1 Å². The number of benzene rings is 2. The average molecular weight is 245 g/mol. The van der Waals surface area contributed by atoms with Crippen LogP contribution in [0.4, 0.5) is 4.39 Å². The Kier molecular flexibility index (Phi) is 3.95. The molecule has 2 nitrogen and oxygen atoms in total. The minimum Gasteiger partial charge on any atom is -0.508 e. The molecular weight excluding hydrogens is 229 g/mol. The maximum atomic E-state index is 12.9. The lowest BCUT2D eigenvalue weighted by atomic mass is 10.1. The maximum Gasteiger partial charge on any atom is 0.123 e. The van der Waals surface area contributed by atoms with Crippen LogP contribution >= 0.6 is 0 Å². The zero-order chi connectivity index (χ0) is 13.0. The van der Waals surface area contributed by atoms with Crippen LogP contribution in [0.25, 0.3) is 0 Å². The average Bonchev–Trinajstić information content (AvgIpc) is 2.34. The third-order valence-electron chi connectivity index (χ3n) is 2.93. The van der Waals surface area contributed by atoms with Crippen molar-refractivity contribution in [2.24, 2.45) is 0 Å². The number of halogens is 1. The van der Waals surface area contributed by atoms with Crippen LogP contribution in [0.5, 0.6) is 5.75 Å². The molecule has 0 unspecified atom stereocenters. The Morgan fingerprint density at radius 2 is 1.78 bits per heavy atom. The van der Waals surface area contributed by atoms with Gasteiger partial charge in [-0.05, 0) is 36.2 Å². The van der Waals surface area contributed by atoms with Gasteiger partial charge in [0.2, 0.25) is 0 Å². The van der Waals surface area contributed by atoms with E-state index in [-0.39, 0.29) is 5.82 Å². The summed E-state index contributed by atoms with van der Waals surface area (Å²) < 4.78 is 12.9. The van der Waals surface area contributed by atoms with Crippen LogP contribution in [0.15, 0.2) is 42.5 Å². The van der Waals surface area contributed by atoms with Crippen LogP contribution in [0.3, 0.4) is 0 Å². The lowest BCUT2D eigenvalue weighted by molar-refractivity contribution is 0.464. The maximum absolute atomic E-state index is 12.9. The minimum atomic E-state index is -0.211. The monoisotopic (exact) mass is 245 g/mol. The van der Waals surface area contributed by atoms with E-state index in [0.29, 0.717) is 18.8 Å². The van der Waals surface area contributed by atoms with E-state index in [4.69, 9.17) is 0 Å². The third-order valence-corrected chi connectivity index (χ3v) is 2.93. The summed E-state index contributed by atoms with van der Waals surface area (Å²) in [5, 5.41) is 12.8. The van der Waals surface area contributed by atoms with Crippen molar-refractivity contribution in [2.75, 3.05) is 0 Å². The highest BCUT2D eigenvalue weighted by Crippen LogP contribution is 2.15. The van der Waals surface area contributed by atoms with Gasteiger partial charge in [-0.25, -0.2) is 4.39 Å². The van der Waals surface area contributed by atoms with Crippen LogP contribution in [-0.2, 0) is 13.1 Å². The van der Waals surface area contributed by atoms with Gasteiger partial charge in [-0.1, -0.05) is 24.3 Å². The molecule has 94 valence electrons. The summed E-state index contributed by atoms with van der Waals surface area (Å²) in [6, 6.07) is 12.0. The fraction of sp³-hybridized carbons (Fsp3) is 0.200. The molecule has 2 aromatic rings. The van der Waals surface area contributed by atoms with E-state index in [1.165, 1.54) is 12.1 Å². The molecule has 0 aliphatic rings. The van der Waals surface area contributed by atoms with Gasteiger partial charge < -0.3 is 10.4 Å². The minimum absolute atomic E-state index is 0.211. The fourth-order valence-electron chi connectivity index (χ4n) is 1.85. The van der Waals surface area contributed by atoms with Gasteiger partial charge >= 0.3 is 0 Å². The summed E-state index contributed by atoms with van der Waals surface area (Å²) in [7, 11) is 0. The van der Waals surface area contributed by atoms with Gasteiger partial charge in [0.15, 0.2) is 0 Å². The summed E-state index contributed by atoms with van der Waals surface area (Å²) in [4.78, 5) is 0. The highest BCUT2D eigenvalue weighted by atomic mass is 19.1. The molecule has 18 heavy (non-hydrogen) atoms. The van der Waals surface area contributed by atoms with E-state index in [9.17, 15) is 9.50 Å². The summed E-state index contributed by atoms with van der Waals surface area (Å²) in [6.07, 6.45) is 0. The number of para-hydroxylation sites is 1. The fourth-order valence-corrected chi connectivity index (χ4v) is 1.85. The first kappa shape index (κ1) is 12.6. The van der Waals surface area contributed by atoms with Gasteiger partial charge in [0.25, 0.3) is 0 Å². The number of phenols is 1. The number of aryl methyl sites for hydroxylation is 1. The SMILES string of the molecule is Cc1cc(F)ccc1CNCc1ccccc1O. The molecular formula is C15H16FNO. The second-order valence-corrected chi connectivity index (χ2v) is 4.30. The quantitative estimate of drug-likeness (QED) is 0.867. The second-order valence-electron chi connectivity index (χ2n) is 4.30. The van der Waals surface area contributed by atoms with Crippen molar-refractivity contribution in [3.05, 3.63) is 65.0 Å². The lowest BCUT2D eigenvalue weighted by Crippen LogP contribution is -2.13. The summed E-state index contributed by atoms with van der Waals surface area (Å²) in [6.45, 7) is 3.13. The van der Waals surface area contributed by atoms with E-state index >= 15 is 0 Å². The van der Waals surface area contributed by atoms with Crippen molar-refractivity contribution in [3.63, 3.8) is 0 Å². The smallest absolute Gasteiger partial charge is 0.123 e. The molecule has 2 rings (SSSR count). The molecule has 0 heterocycles. The molecule has 0 atom stereocenters. The van der Waals surface area contributed by atoms with Gasteiger partial charge in [-0.3, -0.25) is 0 Å². The van der Waals surface area contributed by atoms with Crippen molar-refractivity contribution < 1.29 is 9.50 Å². The standard InChI is InChI=1S/C15H16FNO/c1-11-8-14(16)7-6-12(11)9-17-10-13-4-2-3-5-15(13)18/h2-8,17-18H,9-10H2,1H3. The molecule has 0 bridgehead atoms. The van der Waals surface area contributed by atoms with Crippen LogP contribution in [0.1, 0.15) is 16.7 Å². The zero-order valence-electron chi connectivity index (χ0n) is 10.3. The Labute approximate surface area is 106 Å². The van der Waals surface area contributed by atoms with Gasteiger partial charge in [-0.15, -0.1) is 0 Å². The normalized spacial score (nSPS) is 10.6. The summed E-state index contributed by atoms with van der Waals surface area (Å²) >= 11 is 0. The van der Waals surface area contributed by atoms with E-state index in [1.54, 1.807) is 18.2 Å². The molecule has 0 saturated carbocycles. The third kappa shape index (κ3) is 3.08. The number of hydrogen-bond donors (Lipinski definition) is 2. The highest BCUT2D eigenvalue weighted by Gasteiger charge is 2.02. The number of aromatic hydroxyl groups is 1. The van der Waals surface area contributed by atoms with Crippen molar-refractivity contribution in [2.45, 2.75) is 20.0 Å². The number of rotatable bonds is 4. The van der Waals surface area contributed by atoms with Crippen LogP contribution in [0, 0.1) is 12.7 Å². The van der Waals surface area contributed by atoms with Crippen molar-refractivity contribution >= 4 is 0 Å². The Bertz CT molecular complexity index is 540. The molecule has 0 aromatic heterocycles. The molecule has 3 heteroatoms. The van der Waals surface area contributed by atoms with E-state index in [2.05, 4.69) is 5.32 Å². The van der Waals surface area contributed by atoms with Crippen molar-refractivity contribution in [1.82, 2.24) is 5.32 Å². The molecule has 0 fully saturated rings. The predicted octanol–water partition coefficient (Wildman–Crippen LogP) is 3.13. The first-order chi connectivity index (χ1) is 8.66. The molecule has 2 N–H and O–H groups in total. The van der Waals surface area contributed by atoms with Gasteiger partial charge in [0.1, 0.15) is 11.6 Å². The molecule has 0 amide bonds. The Balaban J connectivity index is 1.95. The molecule has 2 aromatic carbocycles. The largest absolute Gasteiger partial charge is 0.508 e. The predicted molar refractivity (Wildman–Crippen MR) is 69.8 cm³/mol. The molecule has 0 aliphatic carbocycles. The van der Waals surface area contributed by atoms with Crippen LogP contribution < -0.4 is 5.32 Å². The van der Waals surface area contributed by atoms with E-state index < -0.39 is 0 Å². The number of phenolic OH excluding ortho intramolecular Hbond substituents is 1. The van der Waals surface area contributed by atoms with Crippen molar-refractivity contribution in [1.29, 1.82) is 0 Å². The Morgan fingerprint density at radius 3 is 2.50 bits per heavy atom. The number of nitrogens with one attached hydrogen (secondary N) is 1.